The minimum Gasteiger partial charge on any atom is -0.352 e. The van der Waals surface area contributed by atoms with Gasteiger partial charge >= 0.3 is 0 Å². The maximum atomic E-state index is 14.0. The Morgan fingerprint density at radius 2 is 1.60 bits per heavy atom. The lowest BCUT2D eigenvalue weighted by Gasteiger charge is -2.33. The summed E-state index contributed by atoms with van der Waals surface area (Å²) in [6.45, 7) is 4.18. The Morgan fingerprint density at radius 3 is 2.26 bits per heavy atom. The molecule has 0 heterocycles. The smallest absolute Gasteiger partial charge is 0.243 e. The van der Waals surface area contributed by atoms with Gasteiger partial charge in [0.2, 0.25) is 21.8 Å². The van der Waals surface area contributed by atoms with E-state index in [1.807, 2.05) is 61.5 Å². The van der Waals surface area contributed by atoms with Crippen LogP contribution in [0.3, 0.4) is 0 Å². The average molecular weight is 624 g/mol. The summed E-state index contributed by atoms with van der Waals surface area (Å²) in [5.41, 5.74) is 4.16. The first-order valence-electron chi connectivity index (χ1n) is 14.9. The van der Waals surface area contributed by atoms with E-state index in [0.29, 0.717) is 22.7 Å². The highest BCUT2D eigenvalue weighted by Gasteiger charge is 2.32. The number of hydrogen-bond acceptors (Lipinski definition) is 4. The van der Waals surface area contributed by atoms with E-state index in [4.69, 9.17) is 11.6 Å². The van der Waals surface area contributed by atoms with Crippen molar-refractivity contribution >= 4 is 39.1 Å². The third-order valence-corrected chi connectivity index (χ3v) is 9.70. The molecule has 1 atom stereocenters. The van der Waals surface area contributed by atoms with Crippen molar-refractivity contribution < 1.29 is 18.0 Å². The monoisotopic (exact) mass is 623 g/mol. The van der Waals surface area contributed by atoms with E-state index < -0.39 is 16.1 Å². The number of amides is 2. The van der Waals surface area contributed by atoms with E-state index in [-0.39, 0.29) is 43.8 Å². The van der Waals surface area contributed by atoms with E-state index in [2.05, 4.69) is 5.32 Å². The molecule has 3 aromatic carbocycles. The van der Waals surface area contributed by atoms with Crippen LogP contribution in [0.5, 0.6) is 0 Å². The summed E-state index contributed by atoms with van der Waals surface area (Å²) in [5.74, 6) is -0.345. The van der Waals surface area contributed by atoms with Gasteiger partial charge in [0.25, 0.3) is 0 Å². The van der Waals surface area contributed by atoms with Crippen LogP contribution in [-0.4, -0.2) is 50.0 Å². The van der Waals surface area contributed by atoms with Crippen molar-refractivity contribution in [3.63, 3.8) is 0 Å². The van der Waals surface area contributed by atoms with Gasteiger partial charge in [-0.3, -0.25) is 13.9 Å². The Kier molecular flexibility index (Phi) is 11.3. The fraction of sp³-hybridized carbons (Fsp3) is 0.412. The molecule has 3 aromatic rings. The number of anilines is 1. The number of benzene rings is 3. The predicted molar refractivity (Wildman–Crippen MR) is 174 cm³/mol. The highest BCUT2D eigenvalue weighted by molar-refractivity contribution is 7.92. The first kappa shape index (κ1) is 32.6. The molecule has 7 nitrogen and oxygen atoms in total. The molecule has 4 rings (SSSR count). The molecule has 0 aromatic heterocycles. The largest absolute Gasteiger partial charge is 0.352 e. The summed E-state index contributed by atoms with van der Waals surface area (Å²) in [5, 5.41) is 3.70. The third-order valence-electron chi connectivity index (χ3n) is 8.11. The normalized spacial score (nSPS) is 14.3. The zero-order valence-corrected chi connectivity index (χ0v) is 26.8. The highest BCUT2D eigenvalue weighted by Crippen LogP contribution is 2.29. The Labute approximate surface area is 261 Å². The highest BCUT2D eigenvalue weighted by atomic mass is 35.5. The fourth-order valence-corrected chi connectivity index (χ4v) is 6.85. The summed E-state index contributed by atoms with van der Waals surface area (Å²) >= 11 is 6.29. The van der Waals surface area contributed by atoms with Gasteiger partial charge < -0.3 is 10.2 Å². The van der Waals surface area contributed by atoms with Crippen molar-refractivity contribution in [1.82, 2.24) is 10.2 Å². The van der Waals surface area contributed by atoms with Crippen LogP contribution in [-0.2, 0) is 32.6 Å². The SMILES string of the molecule is Cc1ccc(CN(C(=O)CCCN(c2cccc(Cl)c2C)S(C)(=O)=O)C(Cc2ccccc2)C(=O)NC2CCCC2)cc1. The summed E-state index contributed by atoms with van der Waals surface area (Å²) in [7, 11) is -3.63. The lowest BCUT2D eigenvalue weighted by molar-refractivity contribution is -0.141. The minimum atomic E-state index is -3.63. The topological polar surface area (TPSA) is 86.8 Å². The number of hydrogen-bond donors (Lipinski definition) is 1. The van der Waals surface area contributed by atoms with Crippen LogP contribution in [0.2, 0.25) is 5.02 Å². The van der Waals surface area contributed by atoms with Gasteiger partial charge in [0, 0.05) is 37.0 Å². The molecule has 0 saturated heterocycles. The Hall–Kier alpha value is -3.36. The van der Waals surface area contributed by atoms with E-state index in [0.717, 1.165) is 48.6 Å². The number of carbonyl (C=O) groups excluding carboxylic acids is 2. The van der Waals surface area contributed by atoms with Gasteiger partial charge in [-0.1, -0.05) is 90.7 Å². The molecule has 1 aliphatic carbocycles. The van der Waals surface area contributed by atoms with Crippen molar-refractivity contribution in [2.75, 3.05) is 17.1 Å². The summed E-state index contributed by atoms with van der Waals surface area (Å²) in [4.78, 5) is 29.6. The lowest BCUT2D eigenvalue weighted by Crippen LogP contribution is -2.52. The van der Waals surface area contributed by atoms with Crippen LogP contribution >= 0.6 is 11.6 Å². The maximum Gasteiger partial charge on any atom is 0.243 e. The summed E-state index contributed by atoms with van der Waals surface area (Å²) in [6.07, 6.45) is 5.97. The molecule has 1 N–H and O–H groups in total. The first-order chi connectivity index (χ1) is 20.5. The lowest BCUT2D eigenvalue weighted by atomic mass is 10.0. The molecule has 0 radical (unpaired) electrons. The van der Waals surface area contributed by atoms with Crippen LogP contribution in [0, 0.1) is 13.8 Å². The van der Waals surface area contributed by atoms with Crippen LogP contribution in [0.4, 0.5) is 5.69 Å². The number of aryl methyl sites for hydroxylation is 1. The van der Waals surface area contributed by atoms with Gasteiger partial charge in [0.1, 0.15) is 6.04 Å². The summed E-state index contributed by atoms with van der Waals surface area (Å²) < 4.78 is 26.9. The maximum absolute atomic E-state index is 14.0. The second kappa shape index (κ2) is 14.9. The van der Waals surface area contributed by atoms with Crippen molar-refractivity contribution in [2.24, 2.45) is 0 Å². The molecule has 1 unspecified atom stereocenters. The molecule has 1 saturated carbocycles. The quantitative estimate of drug-likeness (QED) is 0.246. The van der Waals surface area contributed by atoms with Crippen LogP contribution in [0.15, 0.2) is 72.8 Å². The van der Waals surface area contributed by atoms with E-state index in [9.17, 15) is 18.0 Å². The van der Waals surface area contributed by atoms with Gasteiger partial charge in [0.15, 0.2) is 0 Å². The summed E-state index contributed by atoms with van der Waals surface area (Å²) in [6, 6.07) is 22.3. The number of nitrogens with one attached hydrogen (secondary N) is 1. The average Bonchev–Trinajstić information content (AvgIpc) is 3.48. The molecular formula is C34H42ClN3O4S. The Morgan fingerprint density at radius 1 is 0.930 bits per heavy atom. The second-order valence-electron chi connectivity index (χ2n) is 11.5. The molecule has 0 aliphatic heterocycles. The number of rotatable bonds is 13. The molecular weight excluding hydrogens is 582 g/mol. The molecule has 1 aliphatic rings. The van der Waals surface area contributed by atoms with Crippen LogP contribution in [0.1, 0.15) is 60.8 Å². The van der Waals surface area contributed by atoms with Crippen molar-refractivity contribution in [3.8, 4) is 0 Å². The van der Waals surface area contributed by atoms with Crippen molar-refractivity contribution in [1.29, 1.82) is 0 Å². The number of carbonyl (C=O) groups is 2. The van der Waals surface area contributed by atoms with Crippen LogP contribution in [0.25, 0.3) is 0 Å². The molecule has 0 bridgehead atoms. The minimum absolute atomic E-state index is 0.0828. The number of sulfonamides is 1. The Bertz CT molecular complexity index is 1490. The van der Waals surface area contributed by atoms with Crippen LogP contribution < -0.4 is 9.62 Å². The second-order valence-corrected chi connectivity index (χ2v) is 13.8. The van der Waals surface area contributed by atoms with Crippen molar-refractivity contribution in [3.05, 3.63) is 100 Å². The standard InChI is InChI=1S/C34H42ClN3O4S/c1-25-18-20-28(21-19-25)24-37(32(23-27-11-5-4-6-12-27)34(40)36-29-13-7-8-14-29)33(39)17-10-22-38(43(3,41)42)31-16-9-15-30(35)26(31)2/h4-6,9,11-12,15-16,18-21,29,32H,7-8,10,13-14,17,22-24H2,1-3H3,(H,36,40). The zero-order chi connectivity index (χ0) is 31.0. The first-order valence-corrected chi connectivity index (χ1v) is 17.2. The van der Waals surface area contributed by atoms with E-state index >= 15 is 0 Å². The van der Waals surface area contributed by atoms with Gasteiger partial charge in [-0.2, -0.15) is 0 Å². The zero-order valence-electron chi connectivity index (χ0n) is 25.3. The fourth-order valence-electron chi connectivity index (χ4n) is 5.66. The van der Waals surface area contributed by atoms with Gasteiger partial charge in [-0.25, -0.2) is 8.42 Å². The number of nitrogens with zero attached hydrogens (tertiary/aromatic N) is 2. The predicted octanol–water partition coefficient (Wildman–Crippen LogP) is 6.20. The molecule has 1 fully saturated rings. The van der Waals surface area contributed by atoms with E-state index in [1.54, 1.807) is 30.0 Å². The van der Waals surface area contributed by atoms with Gasteiger partial charge in [-0.15, -0.1) is 0 Å². The molecule has 9 heteroatoms. The Balaban J connectivity index is 1.59. The molecule has 43 heavy (non-hydrogen) atoms. The van der Waals surface area contributed by atoms with E-state index in [1.165, 1.54) is 4.31 Å². The van der Waals surface area contributed by atoms with Gasteiger partial charge in [-0.05, 0) is 61.9 Å². The molecule has 0 spiro atoms. The molecule has 230 valence electrons. The van der Waals surface area contributed by atoms with Gasteiger partial charge in [0.05, 0.1) is 11.9 Å². The third kappa shape index (κ3) is 9.07. The van der Waals surface area contributed by atoms with Crippen molar-refractivity contribution in [2.45, 2.75) is 77.4 Å². The number of halogens is 1. The molecule has 2 amide bonds.